The zero-order valence-electron chi connectivity index (χ0n) is 21.0. The molecule has 36 heavy (non-hydrogen) atoms. The number of nitrogens with zero attached hydrogens (tertiary/aromatic N) is 2. The van der Waals surface area contributed by atoms with E-state index in [4.69, 9.17) is 11.6 Å². The van der Waals surface area contributed by atoms with Crippen molar-refractivity contribution in [3.63, 3.8) is 0 Å². The number of H-pyrrole nitrogens is 1. The molecule has 1 aliphatic rings. The first kappa shape index (κ1) is 26.2. The molecule has 2 heterocycles. The maximum atomic E-state index is 12.6. The summed E-state index contributed by atoms with van der Waals surface area (Å²) in [7, 11) is 0. The van der Waals surface area contributed by atoms with Gasteiger partial charge in [0.15, 0.2) is 0 Å². The molecule has 8 heteroatoms. The Labute approximate surface area is 216 Å². The number of piperidine rings is 1. The summed E-state index contributed by atoms with van der Waals surface area (Å²) in [5, 5.41) is 14.8. The maximum Gasteiger partial charge on any atom is 0.329 e. The molecule has 2 aromatic carbocycles. The lowest BCUT2D eigenvalue weighted by molar-refractivity contribution is -0.0261. The fourth-order valence-corrected chi connectivity index (χ4v) is 5.01. The molecule has 0 aliphatic carbocycles. The number of aromatic nitrogens is 2. The Morgan fingerprint density at radius 3 is 2.39 bits per heavy atom. The molecule has 192 valence electrons. The Balaban J connectivity index is 1.26. The summed E-state index contributed by atoms with van der Waals surface area (Å²) in [6.07, 6.45) is 3.85. The van der Waals surface area contributed by atoms with Crippen LogP contribution in [0.4, 0.5) is 11.5 Å². The number of hydrogen-bond acceptors (Lipinski definition) is 5. The largest absolute Gasteiger partial charge is 0.385 e. The molecule has 1 saturated heterocycles. The minimum absolute atomic E-state index is 0.310. The number of anilines is 2. The van der Waals surface area contributed by atoms with Crippen LogP contribution >= 0.6 is 11.6 Å². The van der Waals surface area contributed by atoms with Gasteiger partial charge in [-0.15, -0.1) is 0 Å². The number of hydrogen-bond donors (Lipinski definition) is 3. The standard InChI is InChI=1S/C28H35ClN4O3/c1-3-21-18-24(11-6-20(21)2)30-25-19-26(34)33(27(35)31-25)15-5-4-14-32-16-12-28(36,13-17-32)22-7-9-23(29)10-8-22/h6-11,18-19,30,36H,3-5,12-17H2,1-2H3,(H,31,35). The Morgan fingerprint density at radius 2 is 1.72 bits per heavy atom. The molecule has 0 saturated carbocycles. The van der Waals surface area contributed by atoms with E-state index in [1.807, 2.05) is 42.5 Å². The van der Waals surface area contributed by atoms with Gasteiger partial charge >= 0.3 is 5.69 Å². The van der Waals surface area contributed by atoms with E-state index in [-0.39, 0.29) is 5.56 Å². The minimum atomic E-state index is -0.811. The summed E-state index contributed by atoms with van der Waals surface area (Å²) in [6.45, 7) is 7.02. The van der Waals surface area contributed by atoms with Crippen molar-refractivity contribution in [2.75, 3.05) is 25.0 Å². The lowest BCUT2D eigenvalue weighted by atomic mass is 9.84. The van der Waals surface area contributed by atoms with Gasteiger partial charge in [-0.25, -0.2) is 4.79 Å². The molecular weight excluding hydrogens is 476 g/mol. The number of halogens is 1. The van der Waals surface area contributed by atoms with Crippen molar-refractivity contribution in [2.24, 2.45) is 0 Å². The van der Waals surface area contributed by atoms with Gasteiger partial charge in [-0.05, 0) is 86.5 Å². The van der Waals surface area contributed by atoms with Crippen LogP contribution in [0.15, 0.2) is 58.1 Å². The van der Waals surface area contributed by atoms with E-state index in [1.54, 1.807) is 0 Å². The number of likely N-dealkylation sites (tertiary alicyclic amines) is 1. The summed E-state index contributed by atoms with van der Waals surface area (Å²) in [5.41, 5.74) is 2.67. The Morgan fingerprint density at radius 1 is 1.03 bits per heavy atom. The van der Waals surface area contributed by atoms with E-state index in [2.05, 4.69) is 29.0 Å². The average molecular weight is 511 g/mol. The molecule has 0 unspecified atom stereocenters. The second-order valence-electron chi connectivity index (χ2n) is 9.69. The second kappa shape index (κ2) is 11.5. The van der Waals surface area contributed by atoms with Gasteiger partial charge in [-0.1, -0.05) is 36.7 Å². The van der Waals surface area contributed by atoms with Crippen molar-refractivity contribution in [1.29, 1.82) is 0 Å². The molecule has 0 spiro atoms. The number of aliphatic hydroxyl groups is 1. The van der Waals surface area contributed by atoms with E-state index in [0.717, 1.165) is 50.1 Å². The summed E-state index contributed by atoms with van der Waals surface area (Å²) < 4.78 is 1.26. The lowest BCUT2D eigenvalue weighted by Crippen LogP contribution is -2.43. The highest BCUT2D eigenvalue weighted by molar-refractivity contribution is 6.30. The van der Waals surface area contributed by atoms with Crippen LogP contribution in [0.1, 0.15) is 49.3 Å². The third-order valence-electron chi connectivity index (χ3n) is 7.20. The highest BCUT2D eigenvalue weighted by atomic mass is 35.5. The third-order valence-corrected chi connectivity index (χ3v) is 7.45. The minimum Gasteiger partial charge on any atom is -0.385 e. The summed E-state index contributed by atoms with van der Waals surface area (Å²) in [4.78, 5) is 30.3. The Bertz CT molecular complexity index is 1260. The monoisotopic (exact) mass is 510 g/mol. The SMILES string of the molecule is CCc1cc(Nc2cc(=O)n(CCCCN3CCC(O)(c4ccc(Cl)cc4)CC3)c(=O)[nH]2)ccc1C. The van der Waals surface area contributed by atoms with Crippen LogP contribution in [0, 0.1) is 6.92 Å². The number of nitrogens with one attached hydrogen (secondary N) is 2. The summed E-state index contributed by atoms with van der Waals surface area (Å²) in [5.74, 6) is 0.397. The summed E-state index contributed by atoms with van der Waals surface area (Å²) >= 11 is 5.97. The van der Waals surface area contributed by atoms with Gasteiger partial charge in [-0.2, -0.15) is 0 Å². The fourth-order valence-electron chi connectivity index (χ4n) is 4.89. The van der Waals surface area contributed by atoms with E-state index in [0.29, 0.717) is 30.2 Å². The van der Waals surface area contributed by atoms with Crippen LogP contribution in [-0.2, 0) is 18.6 Å². The zero-order valence-corrected chi connectivity index (χ0v) is 21.8. The molecule has 3 aromatic rings. The van der Waals surface area contributed by atoms with E-state index in [1.165, 1.54) is 21.8 Å². The molecule has 1 aromatic heterocycles. The molecular formula is C28H35ClN4O3. The van der Waals surface area contributed by atoms with E-state index < -0.39 is 11.3 Å². The van der Waals surface area contributed by atoms with Gasteiger partial charge in [0.25, 0.3) is 5.56 Å². The number of benzene rings is 2. The third kappa shape index (κ3) is 6.27. The van der Waals surface area contributed by atoms with Crippen LogP contribution in [-0.4, -0.2) is 39.2 Å². The quantitative estimate of drug-likeness (QED) is 0.367. The first-order chi connectivity index (χ1) is 17.3. The molecule has 4 rings (SSSR count). The van der Waals surface area contributed by atoms with Gasteiger partial charge in [0.05, 0.1) is 5.60 Å². The van der Waals surface area contributed by atoms with Crippen molar-refractivity contribution < 1.29 is 5.11 Å². The van der Waals surface area contributed by atoms with Crippen molar-refractivity contribution in [2.45, 2.75) is 58.1 Å². The number of aromatic amines is 1. The van der Waals surface area contributed by atoms with Crippen LogP contribution < -0.4 is 16.6 Å². The van der Waals surface area contributed by atoms with E-state index >= 15 is 0 Å². The van der Waals surface area contributed by atoms with Gasteiger partial charge in [-0.3, -0.25) is 14.3 Å². The highest BCUT2D eigenvalue weighted by Crippen LogP contribution is 2.33. The molecule has 0 amide bonds. The van der Waals surface area contributed by atoms with Crippen molar-refractivity contribution in [3.8, 4) is 0 Å². The first-order valence-corrected chi connectivity index (χ1v) is 13.1. The molecule has 1 aliphatic heterocycles. The first-order valence-electron chi connectivity index (χ1n) is 12.7. The normalized spacial score (nSPS) is 15.7. The average Bonchev–Trinajstić information content (AvgIpc) is 2.86. The molecule has 0 bridgehead atoms. The van der Waals surface area contributed by atoms with E-state index in [9.17, 15) is 14.7 Å². The molecule has 7 nitrogen and oxygen atoms in total. The molecule has 0 atom stereocenters. The number of rotatable bonds is 9. The van der Waals surface area contributed by atoms with Crippen LogP contribution in [0.25, 0.3) is 0 Å². The van der Waals surface area contributed by atoms with Gasteiger partial charge in [0.2, 0.25) is 0 Å². The van der Waals surface area contributed by atoms with Crippen LogP contribution in [0.3, 0.4) is 0 Å². The summed E-state index contributed by atoms with van der Waals surface area (Å²) in [6, 6.07) is 14.9. The van der Waals surface area contributed by atoms with Crippen LogP contribution in [0.5, 0.6) is 0 Å². The Hall–Kier alpha value is -2.87. The van der Waals surface area contributed by atoms with Gasteiger partial charge in [0.1, 0.15) is 5.82 Å². The molecule has 3 N–H and O–H groups in total. The maximum absolute atomic E-state index is 12.6. The van der Waals surface area contributed by atoms with Crippen molar-refractivity contribution >= 4 is 23.1 Å². The second-order valence-corrected chi connectivity index (χ2v) is 10.1. The number of aryl methyl sites for hydroxylation is 2. The molecule has 1 fully saturated rings. The fraction of sp³-hybridized carbons (Fsp3) is 0.429. The number of unbranched alkanes of at least 4 members (excludes halogenated alkanes) is 1. The van der Waals surface area contributed by atoms with Crippen molar-refractivity contribution in [1.82, 2.24) is 14.5 Å². The Kier molecular flexibility index (Phi) is 8.34. The predicted molar refractivity (Wildman–Crippen MR) is 145 cm³/mol. The predicted octanol–water partition coefficient (Wildman–Crippen LogP) is 4.57. The lowest BCUT2D eigenvalue weighted by Gasteiger charge is -2.38. The zero-order chi connectivity index (χ0) is 25.7. The van der Waals surface area contributed by atoms with Crippen LogP contribution in [0.2, 0.25) is 5.02 Å². The topological polar surface area (TPSA) is 90.4 Å². The van der Waals surface area contributed by atoms with Crippen molar-refractivity contribution in [3.05, 3.63) is 91.1 Å². The van der Waals surface area contributed by atoms with Gasteiger partial charge < -0.3 is 15.3 Å². The smallest absolute Gasteiger partial charge is 0.329 e. The highest BCUT2D eigenvalue weighted by Gasteiger charge is 2.33. The van der Waals surface area contributed by atoms with Gasteiger partial charge in [0, 0.05) is 36.4 Å². The molecule has 0 radical (unpaired) electrons.